The molecule has 0 aliphatic carbocycles. The molecule has 0 radical (unpaired) electrons. The first-order valence-electron chi connectivity index (χ1n) is 6.90. The molecule has 3 nitrogen and oxygen atoms in total. The molecular weight excluding hydrogens is 222 g/mol. The van der Waals surface area contributed by atoms with Crippen molar-refractivity contribution >= 4 is 0 Å². The van der Waals surface area contributed by atoms with Gasteiger partial charge in [-0.3, -0.25) is 9.88 Å². The van der Waals surface area contributed by atoms with E-state index in [4.69, 9.17) is 0 Å². The first-order chi connectivity index (χ1) is 8.56. The van der Waals surface area contributed by atoms with E-state index >= 15 is 0 Å². The molecule has 0 spiro atoms. The van der Waals surface area contributed by atoms with Crippen molar-refractivity contribution in [3.63, 3.8) is 0 Å². The third kappa shape index (κ3) is 4.75. The molecule has 3 heteroatoms. The van der Waals surface area contributed by atoms with Crippen molar-refractivity contribution in [2.45, 2.75) is 52.7 Å². The van der Waals surface area contributed by atoms with Gasteiger partial charge >= 0.3 is 0 Å². The van der Waals surface area contributed by atoms with Crippen molar-refractivity contribution < 1.29 is 0 Å². The highest BCUT2D eigenvalue weighted by molar-refractivity contribution is 5.09. The molecule has 2 atom stereocenters. The predicted molar refractivity (Wildman–Crippen MR) is 77.7 cm³/mol. The maximum Gasteiger partial charge on any atom is 0.0547 e. The zero-order valence-corrected chi connectivity index (χ0v) is 12.4. The Morgan fingerprint density at radius 2 is 2.06 bits per heavy atom. The molecule has 18 heavy (non-hydrogen) atoms. The molecule has 1 rings (SSSR count). The second-order valence-electron chi connectivity index (χ2n) is 5.11. The van der Waals surface area contributed by atoms with Gasteiger partial charge in [-0.15, -0.1) is 0 Å². The van der Waals surface area contributed by atoms with Gasteiger partial charge < -0.3 is 5.32 Å². The Labute approximate surface area is 112 Å². The highest BCUT2D eigenvalue weighted by Gasteiger charge is 2.15. The van der Waals surface area contributed by atoms with Crippen molar-refractivity contribution in [2.75, 3.05) is 13.6 Å². The second-order valence-corrected chi connectivity index (χ2v) is 5.11. The van der Waals surface area contributed by atoms with Crippen LogP contribution in [0.2, 0.25) is 0 Å². The maximum atomic E-state index is 4.59. The molecule has 1 aromatic rings. The van der Waals surface area contributed by atoms with Crippen LogP contribution in [0.15, 0.2) is 18.2 Å². The van der Waals surface area contributed by atoms with Gasteiger partial charge in [0.25, 0.3) is 0 Å². The second kappa shape index (κ2) is 7.49. The molecule has 1 heterocycles. The number of nitrogens with zero attached hydrogens (tertiary/aromatic N) is 2. The van der Waals surface area contributed by atoms with E-state index < -0.39 is 0 Å². The van der Waals surface area contributed by atoms with E-state index in [1.165, 1.54) is 5.69 Å². The smallest absolute Gasteiger partial charge is 0.0547 e. The fourth-order valence-corrected chi connectivity index (χ4v) is 2.25. The van der Waals surface area contributed by atoms with Gasteiger partial charge in [-0.25, -0.2) is 0 Å². The Bertz CT molecular complexity index is 351. The molecule has 102 valence electrons. The summed E-state index contributed by atoms with van der Waals surface area (Å²) in [5.74, 6) is 0. The Hall–Kier alpha value is -0.930. The van der Waals surface area contributed by atoms with Gasteiger partial charge in [0.15, 0.2) is 0 Å². The van der Waals surface area contributed by atoms with Crippen LogP contribution in [0.1, 0.15) is 38.6 Å². The monoisotopic (exact) mass is 249 g/mol. The predicted octanol–water partition coefficient (Wildman–Crippen LogP) is 2.60. The summed E-state index contributed by atoms with van der Waals surface area (Å²) in [5, 5.41) is 3.31. The van der Waals surface area contributed by atoms with Crippen LogP contribution in [0.5, 0.6) is 0 Å². The average Bonchev–Trinajstić information content (AvgIpc) is 2.35. The van der Waals surface area contributed by atoms with Crippen molar-refractivity contribution in [3.8, 4) is 0 Å². The average molecular weight is 249 g/mol. The minimum Gasteiger partial charge on any atom is -0.317 e. The van der Waals surface area contributed by atoms with E-state index in [1.54, 1.807) is 0 Å². The lowest BCUT2D eigenvalue weighted by Crippen LogP contribution is -2.37. The van der Waals surface area contributed by atoms with Gasteiger partial charge in [0, 0.05) is 24.3 Å². The summed E-state index contributed by atoms with van der Waals surface area (Å²) in [7, 11) is 2.02. The van der Waals surface area contributed by atoms with Crippen LogP contribution in [-0.4, -0.2) is 35.6 Å². The molecule has 0 saturated heterocycles. The summed E-state index contributed by atoms with van der Waals surface area (Å²) < 4.78 is 0. The van der Waals surface area contributed by atoms with E-state index in [1.807, 2.05) is 20.0 Å². The largest absolute Gasteiger partial charge is 0.317 e. The molecule has 0 aliphatic heterocycles. The fraction of sp³-hybridized carbons (Fsp3) is 0.667. The van der Waals surface area contributed by atoms with Crippen LogP contribution < -0.4 is 5.32 Å². The molecule has 0 aromatic carbocycles. The summed E-state index contributed by atoms with van der Waals surface area (Å²) in [6.07, 6.45) is 1.16. The number of aromatic nitrogens is 1. The van der Waals surface area contributed by atoms with Crippen molar-refractivity contribution in [1.82, 2.24) is 15.2 Å². The summed E-state index contributed by atoms with van der Waals surface area (Å²) in [5.41, 5.74) is 2.26. The summed E-state index contributed by atoms with van der Waals surface area (Å²) in [4.78, 5) is 7.07. The van der Waals surface area contributed by atoms with Gasteiger partial charge in [-0.2, -0.15) is 0 Å². The SMILES string of the molecule is CCN(Cc1cccc(C)n1)C(C)CC(C)NC. The molecule has 0 aliphatic rings. The van der Waals surface area contributed by atoms with Crippen LogP contribution in [-0.2, 0) is 6.54 Å². The molecule has 1 aromatic heterocycles. The zero-order chi connectivity index (χ0) is 13.5. The quantitative estimate of drug-likeness (QED) is 0.805. The first-order valence-corrected chi connectivity index (χ1v) is 6.90. The van der Waals surface area contributed by atoms with Crippen molar-refractivity contribution in [1.29, 1.82) is 0 Å². The number of hydrogen-bond donors (Lipinski definition) is 1. The van der Waals surface area contributed by atoms with Gasteiger partial charge in [-0.1, -0.05) is 13.0 Å². The van der Waals surface area contributed by atoms with Crippen LogP contribution in [0.3, 0.4) is 0 Å². The number of nitrogens with one attached hydrogen (secondary N) is 1. The molecule has 0 amide bonds. The minimum absolute atomic E-state index is 0.555. The lowest BCUT2D eigenvalue weighted by atomic mass is 10.1. The fourth-order valence-electron chi connectivity index (χ4n) is 2.25. The summed E-state index contributed by atoms with van der Waals surface area (Å²) in [6.45, 7) is 10.8. The van der Waals surface area contributed by atoms with Gasteiger partial charge in [0.05, 0.1) is 5.69 Å². The van der Waals surface area contributed by atoms with Crippen molar-refractivity contribution in [3.05, 3.63) is 29.6 Å². The lowest BCUT2D eigenvalue weighted by Gasteiger charge is -2.29. The Kier molecular flexibility index (Phi) is 6.30. The van der Waals surface area contributed by atoms with Crippen LogP contribution in [0.4, 0.5) is 0 Å². The molecule has 0 fully saturated rings. The van der Waals surface area contributed by atoms with Gasteiger partial charge in [0.1, 0.15) is 0 Å². The number of pyridine rings is 1. The third-order valence-corrected chi connectivity index (χ3v) is 3.53. The Morgan fingerprint density at radius 1 is 1.33 bits per heavy atom. The van der Waals surface area contributed by atoms with Crippen LogP contribution in [0, 0.1) is 6.92 Å². The lowest BCUT2D eigenvalue weighted by molar-refractivity contribution is 0.189. The van der Waals surface area contributed by atoms with Crippen LogP contribution in [0.25, 0.3) is 0 Å². The Morgan fingerprint density at radius 3 is 2.61 bits per heavy atom. The molecule has 0 saturated carbocycles. The van der Waals surface area contributed by atoms with Crippen LogP contribution >= 0.6 is 0 Å². The minimum atomic E-state index is 0.555. The first kappa shape index (κ1) is 15.1. The van der Waals surface area contributed by atoms with E-state index in [0.717, 1.165) is 25.2 Å². The molecule has 0 bridgehead atoms. The molecule has 1 N–H and O–H groups in total. The molecular formula is C15H27N3. The van der Waals surface area contributed by atoms with E-state index in [-0.39, 0.29) is 0 Å². The van der Waals surface area contributed by atoms with Crippen molar-refractivity contribution in [2.24, 2.45) is 0 Å². The maximum absolute atomic E-state index is 4.59. The van der Waals surface area contributed by atoms with E-state index in [2.05, 4.69) is 48.1 Å². The highest BCUT2D eigenvalue weighted by Crippen LogP contribution is 2.11. The normalized spacial score (nSPS) is 14.8. The zero-order valence-electron chi connectivity index (χ0n) is 12.4. The number of rotatable bonds is 7. The number of hydrogen-bond acceptors (Lipinski definition) is 3. The highest BCUT2D eigenvalue weighted by atomic mass is 15.2. The third-order valence-electron chi connectivity index (χ3n) is 3.53. The standard InChI is InChI=1S/C15H27N3/c1-6-18(14(4)10-13(3)16-5)11-15-9-7-8-12(2)17-15/h7-9,13-14,16H,6,10-11H2,1-5H3. The topological polar surface area (TPSA) is 28.2 Å². The summed E-state index contributed by atoms with van der Waals surface area (Å²) in [6, 6.07) is 7.38. The Balaban J connectivity index is 2.61. The van der Waals surface area contributed by atoms with Gasteiger partial charge in [0.2, 0.25) is 0 Å². The molecule has 2 unspecified atom stereocenters. The van der Waals surface area contributed by atoms with E-state index in [9.17, 15) is 0 Å². The summed E-state index contributed by atoms with van der Waals surface area (Å²) >= 11 is 0. The van der Waals surface area contributed by atoms with Gasteiger partial charge in [-0.05, 0) is 52.9 Å². The number of aryl methyl sites for hydroxylation is 1. The van der Waals surface area contributed by atoms with E-state index in [0.29, 0.717) is 12.1 Å².